The Morgan fingerprint density at radius 2 is 0.607 bits per heavy atom. The van der Waals surface area contributed by atoms with Gasteiger partial charge in [0.2, 0.25) is 0 Å². The Hall–Kier alpha value is -9.38. The van der Waals surface area contributed by atoms with Crippen molar-refractivity contribution in [1.82, 2.24) is 94.4 Å². The van der Waals surface area contributed by atoms with Crippen molar-refractivity contribution in [3.63, 3.8) is 0 Å². The van der Waals surface area contributed by atoms with E-state index in [0.717, 1.165) is 133 Å². The molecule has 8 N–H and O–H groups in total. The highest BCUT2D eigenvalue weighted by molar-refractivity contribution is 6.08. The van der Waals surface area contributed by atoms with Gasteiger partial charge in [-0.3, -0.25) is 4.68 Å². The molecule has 0 aromatic carbocycles. The first-order valence-electron chi connectivity index (χ1n) is 51.7. The maximum absolute atomic E-state index is 13.0. The van der Waals surface area contributed by atoms with E-state index in [4.69, 9.17) is 60.8 Å². The predicted molar refractivity (Wildman–Crippen MR) is 540 cm³/mol. The maximum Gasteiger partial charge on any atom is 0.410 e. The second-order valence-electron chi connectivity index (χ2n) is 45.2. The van der Waals surface area contributed by atoms with Gasteiger partial charge in [0.25, 0.3) is 0 Å². The van der Waals surface area contributed by atoms with Crippen molar-refractivity contribution in [3.8, 4) is 0 Å². The minimum absolute atomic E-state index is 0.183. The maximum atomic E-state index is 13.0. The zero-order chi connectivity index (χ0) is 104. The van der Waals surface area contributed by atoms with Crippen LogP contribution < -0.4 is 22.9 Å². The van der Waals surface area contributed by atoms with E-state index in [-0.39, 0.29) is 86.0 Å². The van der Waals surface area contributed by atoms with Gasteiger partial charge in [0.15, 0.2) is 17.5 Å². The molecule has 4 heterocycles. The molecular formula is C99H183N25O16. The molecular weight excluding hydrogens is 1800 g/mol. The van der Waals surface area contributed by atoms with Crippen molar-refractivity contribution in [2.75, 3.05) is 85.1 Å². The Bertz CT molecular complexity index is 4060. The lowest BCUT2D eigenvalue weighted by atomic mass is 9.94. The van der Waals surface area contributed by atoms with Crippen LogP contribution in [0.15, 0.2) is 16.5 Å². The summed E-state index contributed by atoms with van der Waals surface area (Å²) in [6.45, 7) is 54.0. The zero-order valence-corrected chi connectivity index (χ0v) is 90.3. The topological polar surface area (TPSA) is 483 Å². The summed E-state index contributed by atoms with van der Waals surface area (Å²) in [5.74, 6) is 1.69. The molecule has 4 aliphatic carbocycles. The zero-order valence-electron chi connectivity index (χ0n) is 90.3. The van der Waals surface area contributed by atoms with Crippen molar-refractivity contribution in [2.24, 2.45) is 33.1 Å². The first kappa shape index (κ1) is 121. The molecule has 0 radical (unpaired) electrons. The smallest absolute Gasteiger partial charge is 0.410 e. The minimum Gasteiger partial charge on any atom is -0.444 e. The molecule has 0 spiro atoms. The second-order valence-corrected chi connectivity index (χ2v) is 45.2. The molecule has 8 amide bonds. The summed E-state index contributed by atoms with van der Waals surface area (Å²) in [5, 5.41) is 36.2. The van der Waals surface area contributed by atoms with E-state index < -0.39 is 44.8 Å². The lowest BCUT2D eigenvalue weighted by Crippen LogP contribution is -2.46. The third-order valence-electron chi connectivity index (χ3n) is 23.0. The number of hydrogen-bond acceptors (Lipinski definition) is 30. The molecule has 0 saturated heterocycles. The molecule has 41 heteroatoms. The number of aromatic nitrogens is 11. The average molecular weight is 1980 g/mol. The van der Waals surface area contributed by atoms with E-state index in [0.29, 0.717) is 174 Å². The van der Waals surface area contributed by atoms with Crippen LogP contribution in [-0.4, -0.2) is 309 Å². The summed E-state index contributed by atoms with van der Waals surface area (Å²) in [4.78, 5) is 124. The molecule has 0 bridgehead atoms. The number of nitrogens with two attached hydrogens (primary N) is 4. The highest BCUT2D eigenvalue weighted by atomic mass is 16.6. The molecule has 41 nitrogen and oxygen atoms in total. The van der Waals surface area contributed by atoms with Gasteiger partial charge in [-0.25, -0.2) is 48.0 Å². The summed E-state index contributed by atoms with van der Waals surface area (Å²) in [6.07, 6.45) is 27.8. The van der Waals surface area contributed by atoms with Crippen LogP contribution in [0.1, 0.15) is 376 Å². The molecule has 140 heavy (non-hydrogen) atoms. The SMILES string of the molecule is CC(C)(C)OC(=O)N(CCCC1=NN=C(CN)C1)CCCN(C(=O)OC(C)(C)C)C1CCCCC1.CC(C)(C)OC(=O)N(CCCN(C(=O)OC(C)(C)C)C1CCCCC1)CCCn1cnc(CN)n1.CC(C)(C)OC(=O)N(CCCN(C(=O)OC(C)(C)C)C1CCCCC1)CCCn1nnc(CN)n1.CC(C)(C)OC(=O)N(CCCN(C(=O)OC(C)(C)C)C1CCCCC1)CCCn1nnnc1CN. The van der Waals surface area contributed by atoms with E-state index in [9.17, 15) is 38.4 Å². The van der Waals surface area contributed by atoms with Gasteiger partial charge in [0.1, 0.15) is 51.1 Å². The van der Waals surface area contributed by atoms with Crippen molar-refractivity contribution in [1.29, 1.82) is 0 Å². The van der Waals surface area contributed by atoms with Crippen LogP contribution in [0.3, 0.4) is 0 Å². The monoisotopic (exact) mass is 1980 g/mol. The number of rotatable bonds is 40. The molecule has 3 aromatic rings. The van der Waals surface area contributed by atoms with E-state index in [1.807, 2.05) is 186 Å². The molecule has 800 valence electrons. The van der Waals surface area contributed by atoms with Gasteiger partial charge >= 0.3 is 48.7 Å². The number of carbonyl (C=O) groups is 8. The van der Waals surface area contributed by atoms with E-state index >= 15 is 0 Å². The van der Waals surface area contributed by atoms with E-state index in [1.165, 1.54) is 30.5 Å². The van der Waals surface area contributed by atoms with Crippen molar-refractivity contribution in [3.05, 3.63) is 23.8 Å². The van der Waals surface area contributed by atoms with Crippen LogP contribution >= 0.6 is 0 Å². The lowest BCUT2D eigenvalue weighted by molar-refractivity contribution is 0.00824. The Kier molecular flexibility index (Phi) is 51.0. The molecule has 0 atom stereocenters. The van der Waals surface area contributed by atoms with Gasteiger partial charge in [-0.2, -0.15) is 20.1 Å². The van der Waals surface area contributed by atoms with Crippen LogP contribution in [0.25, 0.3) is 0 Å². The Morgan fingerprint density at radius 1 is 0.314 bits per heavy atom. The lowest BCUT2D eigenvalue weighted by Gasteiger charge is -2.36. The van der Waals surface area contributed by atoms with Crippen LogP contribution in [0.5, 0.6) is 0 Å². The number of tetrazole rings is 2. The highest BCUT2D eigenvalue weighted by Crippen LogP contribution is 2.31. The first-order valence-corrected chi connectivity index (χ1v) is 51.7. The quantitative estimate of drug-likeness (QED) is 0.0384. The van der Waals surface area contributed by atoms with Gasteiger partial charge in [-0.05, 0) is 291 Å². The second kappa shape index (κ2) is 59.0. The minimum atomic E-state index is -0.595. The van der Waals surface area contributed by atoms with Gasteiger partial charge in [0, 0.05) is 134 Å². The normalized spacial score (nSPS) is 15.5. The summed E-state index contributed by atoms with van der Waals surface area (Å²) < 4.78 is 48.8. The standard InChI is InChI=1S/C26H47N5O4.C25H46N6O4.2C24H45N7O4/c1-25(2,3)34-23(32)30(15-10-12-20-18-21(19-27)29-28-20)16-11-17-31(22-13-8-7-9-14-22)24(33)35-26(4,5)6;1-24(2,3)34-22(32)29(14-10-16-30-19-27-21(18-26)28-30)15-11-17-31(20-12-8-7-9-13-20)23(33)35-25(4,5)6;1-23(2,3)34-21(32)29(15-11-17-31-20(18-25)26-27-28-31)14-10-16-30(19-12-8-7-9-13-19)22(33)35-24(4,5)6;1-23(2,3)34-21(32)29(15-11-17-31-27-20(18-25)26-28-31)14-10-16-30(19-12-8-7-9-13-19)22(33)35-24(4,5)6/h22H,7-19,27H2,1-6H3;19-20H,7-18,26H2,1-6H3;2*19H,7-18,25H2,1-6H3. The third kappa shape index (κ3) is 50.5. The summed E-state index contributed by atoms with van der Waals surface area (Å²) in [7, 11) is 0. The number of aryl methyl sites for hydroxylation is 3. The molecule has 1 aliphatic heterocycles. The first-order chi connectivity index (χ1) is 65.5. The fourth-order valence-corrected chi connectivity index (χ4v) is 16.7. The number of ether oxygens (including phenoxy) is 8. The fraction of sp³-hybridized carbons (Fsp3) is 0.859. The molecule has 3 aromatic heterocycles. The van der Waals surface area contributed by atoms with Crippen molar-refractivity contribution < 1.29 is 76.3 Å². The van der Waals surface area contributed by atoms with Crippen molar-refractivity contribution in [2.45, 2.75) is 467 Å². The fourth-order valence-electron chi connectivity index (χ4n) is 16.7. The molecule has 0 unspecified atom stereocenters. The van der Waals surface area contributed by atoms with Gasteiger partial charge in [-0.1, -0.05) is 77.0 Å². The van der Waals surface area contributed by atoms with Crippen LogP contribution in [0.2, 0.25) is 0 Å². The van der Waals surface area contributed by atoms with Gasteiger partial charge in [0.05, 0.1) is 31.9 Å². The van der Waals surface area contributed by atoms with Gasteiger partial charge < -0.3 is 100 Å². The van der Waals surface area contributed by atoms with Crippen LogP contribution in [-0.2, 0) is 77.2 Å². The Labute approximate surface area is 835 Å². The number of amides is 8. The third-order valence-corrected chi connectivity index (χ3v) is 23.0. The summed E-state index contributed by atoms with van der Waals surface area (Å²) in [5.41, 5.74) is 19.8. The summed E-state index contributed by atoms with van der Waals surface area (Å²) >= 11 is 0. The molecule has 5 aliphatic rings. The number of carbonyl (C=O) groups excluding carboxylic acids is 8. The largest absolute Gasteiger partial charge is 0.444 e. The van der Waals surface area contributed by atoms with Crippen LogP contribution in [0.4, 0.5) is 38.4 Å². The van der Waals surface area contributed by atoms with Gasteiger partial charge in [-0.15, -0.1) is 15.3 Å². The Morgan fingerprint density at radius 3 is 0.893 bits per heavy atom. The predicted octanol–water partition coefficient (Wildman–Crippen LogP) is 16.9. The number of hydrogen-bond donors (Lipinski definition) is 4. The van der Waals surface area contributed by atoms with Crippen molar-refractivity contribution >= 4 is 60.2 Å². The van der Waals surface area contributed by atoms with E-state index in [2.05, 4.69) is 51.2 Å². The average Bonchev–Trinajstić information content (AvgIpc) is 1.46. The van der Waals surface area contributed by atoms with E-state index in [1.54, 1.807) is 35.3 Å². The number of nitrogens with zero attached hydrogens (tertiary/aromatic N) is 21. The highest BCUT2D eigenvalue weighted by Gasteiger charge is 2.37. The molecule has 4 fully saturated rings. The molecule has 4 saturated carbocycles. The van der Waals surface area contributed by atoms with Crippen LogP contribution in [0, 0.1) is 0 Å². The Balaban J connectivity index is 0.000000329. The molecule has 8 rings (SSSR count). The summed E-state index contributed by atoms with van der Waals surface area (Å²) in [6, 6.07) is 0.759.